The maximum absolute atomic E-state index is 13.1. The molecule has 1 heterocycles. The van der Waals surface area contributed by atoms with E-state index in [9.17, 15) is 9.18 Å². The number of aromatic amines is 2. The molecule has 3 N–H and O–H groups in total. The van der Waals surface area contributed by atoms with Crippen molar-refractivity contribution < 1.29 is 14.3 Å². The zero-order valence-corrected chi connectivity index (χ0v) is 8.77. The second kappa shape index (κ2) is 3.90. The first kappa shape index (κ1) is 10.6. The third-order valence-electron chi connectivity index (χ3n) is 2.10. The standard InChI is InChI=1S/C10H7FN2O2S/c11-5-1-2-6(9(14)15)7(3-5)8-4-12-10(16)13-8/h1-4H,(H,14,15)(H2,12,13,16). The SMILES string of the molecule is O=C(O)c1ccc(F)cc1-c1c[nH]c(=S)[nH]1. The van der Waals surface area contributed by atoms with Crippen molar-refractivity contribution in [3.8, 4) is 11.3 Å². The Morgan fingerprint density at radius 1 is 1.44 bits per heavy atom. The Kier molecular flexibility index (Phi) is 2.57. The van der Waals surface area contributed by atoms with Crippen LogP contribution in [0.15, 0.2) is 24.4 Å². The zero-order chi connectivity index (χ0) is 11.7. The molecular formula is C10H7FN2O2S. The van der Waals surface area contributed by atoms with Crippen molar-refractivity contribution in [3.05, 3.63) is 40.5 Å². The van der Waals surface area contributed by atoms with Gasteiger partial charge in [0.05, 0.1) is 11.3 Å². The number of carbonyl (C=O) groups is 1. The number of halogens is 1. The lowest BCUT2D eigenvalue weighted by Crippen LogP contribution is -2.00. The molecule has 2 rings (SSSR count). The number of hydrogen-bond donors (Lipinski definition) is 3. The van der Waals surface area contributed by atoms with Crippen LogP contribution in [0.3, 0.4) is 0 Å². The van der Waals surface area contributed by atoms with Gasteiger partial charge in [-0.05, 0) is 30.4 Å². The largest absolute Gasteiger partial charge is 0.478 e. The van der Waals surface area contributed by atoms with Crippen LogP contribution in [0.1, 0.15) is 10.4 Å². The van der Waals surface area contributed by atoms with Crippen LogP contribution in [0.5, 0.6) is 0 Å². The van der Waals surface area contributed by atoms with Crippen molar-refractivity contribution in [2.45, 2.75) is 0 Å². The summed E-state index contributed by atoms with van der Waals surface area (Å²) in [6.45, 7) is 0. The van der Waals surface area contributed by atoms with E-state index >= 15 is 0 Å². The Labute approximate surface area is 94.8 Å². The van der Waals surface area contributed by atoms with Gasteiger partial charge in [-0.1, -0.05) is 0 Å². The monoisotopic (exact) mass is 238 g/mol. The van der Waals surface area contributed by atoms with Crippen LogP contribution in [0.4, 0.5) is 4.39 Å². The number of hydrogen-bond acceptors (Lipinski definition) is 2. The summed E-state index contributed by atoms with van der Waals surface area (Å²) in [7, 11) is 0. The molecule has 0 aliphatic rings. The summed E-state index contributed by atoms with van der Waals surface area (Å²) in [5.74, 6) is -1.61. The molecule has 0 saturated heterocycles. The topological polar surface area (TPSA) is 68.9 Å². The lowest BCUT2D eigenvalue weighted by molar-refractivity contribution is 0.0697. The van der Waals surface area contributed by atoms with Crippen LogP contribution in [0.2, 0.25) is 0 Å². The summed E-state index contributed by atoms with van der Waals surface area (Å²) < 4.78 is 13.4. The van der Waals surface area contributed by atoms with Gasteiger partial charge in [0.25, 0.3) is 0 Å². The van der Waals surface area contributed by atoms with E-state index in [2.05, 4.69) is 9.97 Å². The second-order valence-electron chi connectivity index (χ2n) is 3.15. The molecule has 2 aromatic rings. The van der Waals surface area contributed by atoms with Gasteiger partial charge >= 0.3 is 5.97 Å². The maximum Gasteiger partial charge on any atom is 0.336 e. The quantitative estimate of drug-likeness (QED) is 0.704. The van der Waals surface area contributed by atoms with E-state index in [1.165, 1.54) is 12.3 Å². The van der Waals surface area contributed by atoms with Crippen molar-refractivity contribution >= 4 is 18.2 Å². The molecule has 6 heteroatoms. The molecule has 0 saturated carbocycles. The van der Waals surface area contributed by atoms with E-state index in [0.717, 1.165) is 12.1 Å². The first-order valence-corrected chi connectivity index (χ1v) is 4.79. The fraction of sp³-hybridized carbons (Fsp3) is 0. The number of H-pyrrole nitrogens is 2. The van der Waals surface area contributed by atoms with Crippen LogP contribution < -0.4 is 0 Å². The van der Waals surface area contributed by atoms with Gasteiger partial charge in [0.1, 0.15) is 5.82 Å². The Hall–Kier alpha value is -1.95. The van der Waals surface area contributed by atoms with Crippen LogP contribution >= 0.6 is 12.2 Å². The number of aromatic nitrogens is 2. The third-order valence-corrected chi connectivity index (χ3v) is 2.32. The number of benzene rings is 1. The van der Waals surface area contributed by atoms with Crippen molar-refractivity contribution in [1.29, 1.82) is 0 Å². The van der Waals surface area contributed by atoms with Gasteiger partial charge in [0, 0.05) is 11.8 Å². The van der Waals surface area contributed by atoms with Gasteiger partial charge < -0.3 is 15.1 Å². The third kappa shape index (κ3) is 1.87. The summed E-state index contributed by atoms with van der Waals surface area (Å²) in [6, 6.07) is 3.48. The molecule has 1 aromatic heterocycles. The Bertz CT molecular complexity index is 603. The first-order valence-electron chi connectivity index (χ1n) is 4.39. The highest BCUT2D eigenvalue weighted by Gasteiger charge is 2.13. The van der Waals surface area contributed by atoms with Gasteiger partial charge in [0.2, 0.25) is 0 Å². The molecular weight excluding hydrogens is 231 g/mol. The molecule has 4 nitrogen and oxygen atoms in total. The van der Waals surface area contributed by atoms with Crippen molar-refractivity contribution in [2.75, 3.05) is 0 Å². The zero-order valence-electron chi connectivity index (χ0n) is 7.95. The Balaban J connectivity index is 2.66. The average molecular weight is 238 g/mol. The molecule has 0 aliphatic carbocycles. The number of rotatable bonds is 2. The normalized spacial score (nSPS) is 10.3. The summed E-state index contributed by atoms with van der Waals surface area (Å²) in [5, 5.41) is 8.95. The molecule has 0 bridgehead atoms. The number of imidazole rings is 1. The van der Waals surface area contributed by atoms with Crippen molar-refractivity contribution in [2.24, 2.45) is 0 Å². The molecule has 0 atom stereocenters. The highest BCUT2D eigenvalue weighted by atomic mass is 32.1. The highest BCUT2D eigenvalue weighted by molar-refractivity contribution is 7.71. The van der Waals surface area contributed by atoms with Crippen molar-refractivity contribution in [3.63, 3.8) is 0 Å². The van der Waals surface area contributed by atoms with E-state index < -0.39 is 11.8 Å². The predicted molar refractivity (Wildman–Crippen MR) is 58.3 cm³/mol. The van der Waals surface area contributed by atoms with Crippen LogP contribution in [-0.2, 0) is 0 Å². The number of nitrogens with one attached hydrogen (secondary N) is 2. The summed E-state index contributed by atoms with van der Waals surface area (Å²) >= 11 is 4.82. The lowest BCUT2D eigenvalue weighted by atomic mass is 10.1. The molecule has 0 aliphatic heterocycles. The van der Waals surface area contributed by atoms with E-state index in [4.69, 9.17) is 17.3 Å². The van der Waals surface area contributed by atoms with Gasteiger partial charge in [-0.25, -0.2) is 9.18 Å². The summed E-state index contributed by atoms with van der Waals surface area (Å²) in [6.07, 6.45) is 1.50. The van der Waals surface area contributed by atoms with Gasteiger partial charge in [0.15, 0.2) is 4.77 Å². The molecule has 0 unspecified atom stereocenters. The van der Waals surface area contributed by atoms with E-state index in [1.807, 2.05) is 0 Å². The molecule has 0 fully saturated rings. The molecule has 1 aromatic carbocycles. The van der Waals surface area contributed by atoms with Crippen LogP contribution in [-0.4, -0.2) is 21.0 Å². The highest BCUT2D eigenvalue weighted by Crippen LogP contribution is 2.22. The fourth-order valence-electron chi connectivity index (χ4n) is 1.40. The number of aromatic carboxylic acids is 1. The predicted octanol–water partition coefficient (Wildman–Crippen LogP) is 2.58. The second-order valence-corrected chi connectivity index (χ2v) is 3.56. The minimum atomic E-state index is -1.12. The van der Waals surface area contributed by atoms with E-state index in [1.54, 1.807) is 0 Å². The Morgan fingerprint density at radius 3 is 2.75 bits per heavy atom. The summed E-state index contributed by atoms with van der Waals surface area (Å²) in [4.78, 5) is 16.4. The minimum absolute atomic E-state index is 0.0200. The summed E-state index contributed by atoms with van der Waals surface area (Å²) in [5.41, 5.74) is 0.730. The molecule has 82 valence electrons. The van der Waals surface area contributed by atoms with Gasteiger partial charge in [-0.2, -0.15) is 0 Å². The average Bonchev–Trinajstić information content (AvgIpc) is 2.64. The van der Waals surface area contributed by atoms with Crippen LogP contribution in [0, 0.1) is 10.6 Å². The molecule has 0 spiro atoms. The van der Waals surface area contributed by atoms with E-state index in [0.29, 0.717) is 10.5 Å². The molecule has 16 heavy (non-hydrogen) atoms. The molecule has 0 amide bonds. The van der Waals surface area contributed by atoms with Crippen molar-refractivity contribution in [1.82, 2.24) is 9.97 Å². The first-order chi connectivity index (χ1) is 7.58. The van der Waals surface area contributed by atoms with Crippen LogP contribution in [0.25, 0.3) is 11.3 Å². The van der Waals surface area contributed by atoms with Gasteiger partial charge in [-0.15, -0.1) is 0 Å². The Morgan fingerprint density at radius 2 is 2.19 bits per heavy atom. The minimum Gasteiger partial charge on any atom is -0.478 e. The maximum atomic E-state index is 13.1. The smallest absolute Gasteiger partial charge is 0.336 e. The number of carboxylic acids is 1. The number of carboxylic acid groups (broad SMARTS) is 1. The lowest BCUT2D eigenvalue weighted by Gasteiger charge is -2.03. The fourth-order valence-corrected chi connectivity index (χ4v) is 1.57. The van der Waals surface area contributed by atoms with Gasteiger partial charge in [-0.3, -0.25) is 0 Å². The van der Waals surface area contributed by atoms with E-state index in [-0.39, 0.29) is 11.1 Å². The molecule has 0 radical (unpaired) electrons.